The van der Waals surface area contributed by atoms with Gasteiger partial charge < -0.3 is 21.6 Å². The molecule has 0 saturated heterocycles. The van der Waals surface area contributed by atoms with Gasteiger partial charge in [-0.15, -0.1) is 0 Å². The first-order valence-corrected chi connectivity index (χ1v) is 9.24. The number of benzene rings is 1. The van der Waals surface area contributed by atoms with Crippen molar-refractivity contribution in [2.45, 2.75) is 38.2 Å². The monoisotopic (exact) mass is 353 g/mol. The van der Waals surface area contributed by atoms with Crippen molar-refractivity contribution >= 4 is 17.9 Å². The first kappa shape index (κ1) is 18.3. The number of nitrogen functional groups attached to an aromatic ring is 1. The Morgan fingerprint density at radius 2 is 2.04 bits per heavy atom. The molecule has 6 nitrogen and oxygen atoms in total. The van der Waals surface area contributed by atoms with Crippen molar-refractivity contribution < 1.29 is 5.11 Å². The molecule has 1 aliphatic carbocycles. The lowest BCUT2D eigenvalue weighted by atomic mass is 9.70. The Kier molecular flexibility index (Phi) is 6.17. The molecule has 0 aliphatic heterocycles. The highest BCUT2D eigenvalue weighted by Gasteiger charge is 2.33. The van der Waals surface area contributed by atoms with Crippen LogP contribution in [0.5, 0.6) is 0 Å². The summed E-state index contributed by atoms with van der Waals surface area (Å²) >= 11 is 0. The number of rotatable bonds is 9. The molecule has 1 aliphatic rings. The number of aromatic nitrogens is 2. The number of hydrogen-bond acceptors (Lipinski definition) is 6. The molecule has 1 fully saturated rings. The van der Waals surface area contributed by atoms with Gasteiger partial charge in [0.1, 0.15) is 18.0 Å². The number of anilines is 2. The van der Waals surface area contributed by atoms with Crippen LogP contribution in [0.2, 0.25) is 0 Å². The van der Waals surface area contributed by atoms with E-state index in [-0.39, 0.29) is 6.10 Å². The van der Waals surface area contributed by atoms with Crippen molar-refractivity contribution in [2.75, 3.05) is 17.6 Å². The fourth-order valence-corrected chi connectivity index (χ4v) is 3.62. The lowest BCUT2D eigenvalue weighted by Gasteiger charge is -2.38. The van der Waals surface area contributed by atoms with E-state index in [9.17, 15) is 5.11 Å². The predicted molar refractivity (Wildman–Crippen MR) is 104 cm³/mol. The molecule has 1 aromatic carbocycles. The largest absolute Gasteiger partial charge is 0.393 e. The Balaban J connectivity index is 1.35. The van der Waals surface area contributed by atoms with Gasteiger partial charge in [0.05, 0.1) is 11.7 Å². The number of nitrogens with zero attached hydrogens (tertiary/aromatic N) is 2. The van der Waals surface area contributed by atoms with Crippen LogP contribution >= 0.6 is 0 Å². The fourth-order valence-electron chi connectivity index (χ4n) is 3.62. The zero-order valence-corrected chi connectivity index (χ0v) is 14.9. The van der Waals surface area contributed by atoms with Crippen molar-refractivity contribution in [3.8, 4) is 0 Å². The van der Waals surface area contributed by atoms with E-state index < -0.39 is 0 Å². The van der Waals surface area contributed by atoms with Crippen LogP contribution in [-0.4, -0.2) is 33.9 Å². The summed E-state index contributed by atoms with van der Waals surface area (Å²) in [6.07, 6.45) is 7.36. The van der Waals surface area contributed by atoms with Crippen LogP contribution in [0.3, 0.4) is 0 Å². The Labute approximate surface area is 154 Å². The summed E-state index contributed by atoms with van der Waals surface area (Å²) < 4.78 is 0. The minimum absolute atomic E-state index is 0.203. The van der Waals surface area contributed by atoms with Gasteiger partial charge >= 0.3 is 0 Å². The third-order valence-electron chi connectivity index (χ3n) is 5.29. The molecule has 138 valence electrons. The molecule has 5 N–H and O–H groups in total. The van der Waals surface area contributed by atoms with Crippen molar-refractivity contribution in [1.29, 1.82) is 5.41 Å². The van der Waals surface area contributed by atoms with Crippen LogP contribution in [-0.2, 0) is 6.42 Å². The van der Waals surface area contributed by atoms with E-state index >= 15 is 0 Å². The van der Waals surface area contributed by atoms with Crippen LogP contribution in [0.25, 0.3) is 0 Å². The third kappa shape index (κ3) is 4.58. The highest BCUT2D eigenvalue weighted by Crippen LogP contribution is 2.39. The molecule has 1 atom stereocenters. The number of aryl methyl sites for hydroxylation is 1. The van der Waals surface area contributed by atoms with E-state index in [1.54, 1.807) is 0 Å². The molecule has 1 saturated carbocycles. The second kappa shape index (κ2) is 8.76. The molecule has 0 spiro atoms. The molecule has 0 radical (unpaired) electrons. The SMILES string of the molecule is N=Cc1c(N)ncnc1NCCC1CC(C(O)CCc2ccccc2)C1. The standard InChI is InChI=1S/C20H27N5O/c21-12-17-19(22)24-13-25-20(17)23-9-8-15-10-16(11-15)18(26)7-6-14-4-2-1-3-5-14/h1-5,12-13,15-16,18,21,26H,6-11H2,(H3,22,23,24,25). The van der Waals surface area contributed by atoms with Gasteiger partial charge in [-0.1, -0.05) is 30.3 Å². The third-order valence-corrected chi connectivity index (χ3v) is 5.29. The molecule has 1 heterocycles. The summed E-state index contributed by atoms with van der Waals surface area (Å²) in [5, 5.41) is 21.0. The number of nitrogens with one attached hydrogen (secondary N) is 2. The normalized spacial score (nSPS) is 20.2. The second-order valence-corrected chi connectivity index (χ2v) is 7.07. The van der Waals surface area contributed by atoms with Crippen LogP contribution in [0.4, 0.5) is 11.6 Å². The Morgan fingerprint density at radius 1 is 1.27 bits per heavy atom. The Hall–Kier alpha value is -2.47. The number of hydrogen-bond donors (Lipinski definition) is 4. The van der Waals surface area contributed by atoms with Crippen LogP contribution in [0, 0.1) is 17.2 Å². The molecule has 0 bridgehead atoms. The van der Waals surface area contributed by atoms with Crippen molar-refractivity contribution in [3.05, 3.63) is 47.8 Å². The van der Waals surface area contributed by atoms with Crippen LogP contribution in [0.1, 0.15) is 36.8 Å². The van der Waals surface area contributed by atoms with E-state index in [1.165, 1.54) is 18.1 Å². The van der Waals surface area contributed by atoms with E-state index in [4.69, 9.17) is 11.1 Å². The predicted octanol–water partition coefficient (Wildman–Crippen LogP) is 2.88. The van der Waals surface area contributed by atoms with E-state index in [1.807, 2.05) is 18.2 Å². The molecule has 0 amide bonds. The van der Waals surface area contributed by atoms with Gasteiger partial charge in [-0.05, 0) is 49.5 Å². The van der Waals surface area contributed by atoms with Gasteiger partial charge in [-0.2, -0.15) is 0 Å². The number of nitrogens with two attached hydrogens (primary N) is 1. The van der Waals surface area contributed by atoms with Crippen LogP contribution < -0.4 is 11.1 Å². The summed E-state index contributed by atoms with van der Waals surface area (Å²) in [6, 6.07) is 10.3. The molecule has 2 aromatic rings. The maximum Gasteiger partial charge on any atom is 0.140 e. The lowest BCUT2D eigenvalue weighted by molar-refractivity contribution is 0.0210. The quantitative estimate of drug-likeness (QED) is 0.519. The molecule has 1 aromatic heterocycles. The molecule has 3 rings (SSSR count). The maximum atomic E-state index is 10.4. The van der Waals surface area contributed by atoms with Gasteiger partial charge in [0.15, 0.2) is 0 Å². The second-order valence-electron chi connectivity index (χ2n) is 7.07. The highest BCUT2D eigenvalue weighted by atomic mass is 16.3. The van der Waals surface area contributed by atoms with Crippen molar-refractivity contribution in [1.82, 2.24) is 9.97 Å². The zero-order valence-electron chi connectivity index (χ0n) is 14.9. The Morgan fingerprint density at radius 3 is 2.77 bits per heavy atom. The summed E-state index contributed by atoms with van der Waals surface area (Å²) in [6.45, 7) is 0.786. The summed E-state index contributed by atoms with van der Waals surface area (Å²) in [5.41, 5.74) is 7.58. The molecular formula is C20H27N5O. The molecular weight excluding hydrogens is 326 g/mol. The molecule has 1 unspecified atom stereocenters. The summed E-state index contributed by atoms with van der Waals surface area (Å²) in [4.78, 5) is 8.05. The molecule has 26 heavy (non-hydrogen) atoms. The zero-order chi connectivity index (χ0) is 18.4. The van der Waals surface area contributed by atoms with Gasteiger partial charge in [-0.3, -0.25) is 0 Å². The summed E-state index contributed by atoms with van der Waals surface area (Å²) in [5.74, 6) is 2.01. The number of aliphatic hydroxyl groups is 1. The Bertz CT molecular complexity index is 715. The number of aliphatic hydroxyl groups excluding tert-OH is 1. The lowest BCUT2D eigenvalue weighted by Crippen LogP contribution is -2.34. The van der Waals surface area contributed by atoms with Crippen molar-refractivity contribution in [2.24, 2.45) is 11.8 Å². The molecule has 6 heteroatoms. The maximum absolute atomic E-state index is 10.4. The topological polar surface area (TPSA) is 108 Å². The highest BCUT2D eigenvalue weighted by molar-refractivity contribution is 5.89. The van der Waals surface area contributed by atoms with Gasteiger partial charge in [-0.25, -0.2) is 9.97 Å². The average molecular weight is 353 g/mol. The van der Waals surface area contributed by atoms with E-state index in [2.05, 4.69) is 27.4 Å². The van der Waals surface area contributed by atoms with Gasteiger partial charge in [0.2, 0.25) is 0 Å². The average Bonchev–Trinajstić information content (AvgIpc) is 2.62. The van der Waals surface area contributed by atoms with Gasteiger partial charge in [0.25, 0.3) is 0 Å². The van der Waals surface area contributed by atoms with Crippen LogP contribution in [0.15, 0.2) is 36.7 Å². The van der Waals surface area contributed by atoms with E-state index in [0.717, 1.165) is 38.6 Å². The fraction of sp³-hybridized carbons (Fsp3) is 0.450. The minimum Gasteiger partial charge on any atom is -0.393 e. The summed E-state index contributed by atoms with van der Waals surface area (Å²) in [7, 11) is 0. The van der Waals surface area contributed by atoms with Crippen molar-refractivity contribution in [3.63, 3.8) is 0 Å². The first-order chi connectivity index (χ1) is 12.7. The van der Waals surface area contributed by atoms with Gasteiger partial charge in [0, 0.05) is 12.8 Å². The first-order valence-electron chi connectivity index (χ1n) is 9.24. The smallest absolute Gasteiger partial charge is 0.140 e. The van der Waals surface area contributed by atoms with E-state index in [0.29, 0.717) is 29.0 Å². The minimum atomic E-state index is -0.203.